The Bertz CT molecular complexity index is 1170. The molecule has 1 atom stereocenters. The molecule has 0 spiro atoms. The van der Waals surface area contributed by atoms with Crippen molar-refractivity contribution in [3.05, 3.63) is 45.0 Å². The minimum atomic E-state index is -1.39. The summed E-state index contributed by atoms with van der Waals surface area (Å²) >= 11 is 0. The van der Waals surface area contributed by atoms with Crippen LogP contribution in [0.5, 0.6) is 0 Å². The molecule has 0 saturated carbocycles. The van der Waals surface area contributed by atoms with Gasteiger partial charge in [0.05, 0.1) is 24.0 Å². The summed E-state index contributed by atoms with van der Waals surface area (Å²) in [6, 6.07) is 2.55. The monoisotopic (exact) mass is 382 g/mol. The molecule has 0 fully saturated rings. The zero-order valence-electron chi connectivity index (χ0n) is 15.7. The summed E-state index contributed by atoms with van der Waals surface area (Å²) < 4.78 is 11.4. The lowest BCUT2D eigenvalue weighted by Gasteiger charge is -2.15. The van der Waals surface area contributed by atoms with E-state index in [4.69, 9.17) is 8.83 Å². The average Bonchev–Trinajstić information content (AvgIpc) is 3.01. The normalized spacial score (nSPS) is 14.8. The van der Waals surface area contributed by atoms with Crippen molar-refractivity contribution in [1.82, 2.24) is 5.32 Å². The highest BCUT2D eigenvalue weighted by Gasteiger charge is 2.21. The Kier molecular flexibility index (Phi) is 4.45. The molecule has 1 N–H and O–H groups in total. The smallest absolute Gasteiger partial charge is 0.340 e. The second-order valence-corrected chi connectivity index (χ2v) is 7.33. The van der Waals surface area contributed by atoms with E-state index in [1.54, 1.807) is 13.0 Å². The number of rotatable bonds is 4. The highest BCUT2D eigenvalue weighted by molar-refractivity contribution is 5.97. The lowest BCUT2D eigenvalue weighted by Crippen LogP contribution is -2.46. The number of amides is 1. The van der Waals surface area contributed by atoms with Gasteiger partial charge in [0.1, 0.15) is 16.9 Å². The predicted molar refractivity (Wildman–Crippen MR) is 100.0 cm³/mol. The molecular formula is C21H20NO6-. The summed E-state index contributed by atoms with van der Waals surface area (Å²) in [7, 11) is 0. The molecule has 0 bridgehead atoms. The summed E-state index contributed by atoms with van der Waals surface area (Å²) in [6.45, 7) is 3.07. The molecule has 1 aromatic carbocycles. The molecule has 0 aliphatic heterocycles. The number of fused-ring (bicyclic) bond motifs is 4. The Morgan fingerprint density at radius 3 is 2.61 bits per heavy atom. The minimum Gasteiger partial charge on any atom is -0.548 e. The van der Waals surface area contributed by atoms with Crippen LogP contribution in [0.2, 0.25) is 0 Å². The molecule has 7 heteroatoms. The van der Waals surface area contributed by atoms with Crippen molar-refractivity contribution in [2.24, 2.45) is 0 Å². The number of carboxylic acids is 1. The van der Waals surface area contributed by atoms with Crippen LogP contribution in [-0.2, 0) is 28.9 Å². The topological polar surface area (TPSA) is 113 Å². The molecule has 7 nitrogen and oxygen atoms in total. The van der Waals surface area contributed by atoms with Gasteiger partial charge in [-0.2, -0.15) is 0 Å². The Hall–Kier alpha value is -3.09. The van der Waals surface area contributed by atoms with E-state index < -0.39 is 23.5 Å². The molecule has 28 heavy (non-hydrogen) atoms. The van der Waals surface area contributed by atoms with E-state index in [0.717, 1.165) is 42.2 Å². The standard InChI is InChI=1S/C21H21NO6/c1-10-13-7-15-12-5-3-4-6-16(12)27-18(15)9-17(13)28-21(26)14(10)8-19(23)22-11(2)20(24)25/h7,9,11H,3-6,8H2,1-2H3,(H,22,23)(H,24,25)/p-1/t11-/m0/s1. The molecule has 0 radical (unpaired) electrons. The van der Waals surface area contributed by atoms with Crippen LogP contribution in [0.3, 0.4) is 0 Å². The molecule has 1 aliphatic rings. The minimum absolute atomic E-state index is 0.215. The first-order valence-corrected chi connectivity index (χ1v) is 9.36. The number of carboxylic acid groups (broad SMARTS) is 1. The predicted octanol–water partition coefficient (Wildman–Crippen LogP) is 1.52. The third-order valence-corrected chi connectivity index (χ3v) is 5.43. The largest absolute Gasteiger partial charge is 0.548 e. The maximum absolute atomic E-state index is 12.4. The average molecular weight is 382 g/mol. The van der Waals surface area contributed by atoms with Crippen LogP contribution in [0, 0.1) is 6.92 Å². The third kappa shape index (κ3) is 3.06. The zero-order chi connectivity index (χ0) is 20.0. The molecule has 1 amide bonds. The summed E-state index contributed by atoms with van der Waals surface area (Å²) in [4.78, 5) is 35.4. The fraction of sp³-hybridized carbons (Fsp3) is 0.381. The molecular weight excluding hydrogens is 362 g/mol. The molecule has 4 rings (SSSR count). The fourth-order valence-corrected chi connectivity index (χ4v) is 3.86. The van der Waals surface area contributed by atoms with E-state index >= 15 is 0 Å². The number of aliphatic carboxylic acids is 1. The summed E-state index contributed by atoms with van der Waals surface area (Å²) in [6.07, 6.45) is 3.82. The second-order valence-electron chi connectivity index (χ2n) is 7.33. The van der Waals surface area contributed by atoms with Gasteiger partial charge in [0, 0.05) is 28.8 Å². The van der Waals surface area contributed by atoms with Crippen LogP contribution in [0.15, 0.2) is 25.8 Å². The van der Waals surface area contributed by atoms with Crippen LogP contribution in [0.1, 0.15) is 42.2 Å². The van der Waals surface area contributed by atoms with Crippen molar-refractivity contribution in [3.63, 3.8) is 0 Å². The molecule has 0 saturated heterocycles. The van der Waals surface area contributed by atoms with Gasteiger partial charge in [0.15, 0.2) is 0 Å². The van der Waals surface area contributed by atoms with Crippen LogP contribution in [0.4, 0.5) is 0 Å². The number of nitrogens with one attached hydrogen (secondary N) is 1. The van der Waals surface area contributed by atoms with Crippen molar-refractivity contribution in [3.8, 4) is 0 Å². The molecule has 2 heterocycles. The zero-order valence-corrected chi connectivity index (χ0v) is 15.7. The van der Waals surface area contributed by atoms with E-state index in [9.17, 15) is 19.5 Å². The van der Waals surface area contributed by atoms with E-state index in [1.807, 2.05) is 6.07 Å². The number of benzene rings is 1. The van der Waals surface area contributed by atoms with Gasteiger partial charge in [0.2, 0.25) is 5.91 Å². The van der Waals surface area contributed by atoms with Crippen LogP contribution < -0.4 is 16.0 Å². The van der Waals surface area contributed by atoms with Gasteiger partial charge in [-0.05, 0) is 44.7 Å². The quantitative estimate of drug-likeness (QED) is 0.685. The van der Waals surface area contributed by atoms with Crippen LogP contribution in [0.25, 0.3) is 21.9 Å². The van der Waals surface area contributed by atoms with Gasteiger partial charge in [-0.3, -0.25) is 4.79 Å². The Morgan fingerprint density at radius 1 is 1.14 bits per heavy atom. The SMILES string of the molecule is Cc1c(CC(=O)N[C@@H](C)C(=O)[O-])c(=O)oc2cc3oc4c(c3cc12)CCCC4. The number of hydrogen-bond donors (Lipinski definition) is 1. The van der Waals surface area contributed by atoms with Gasteiger partial charge in [-0.25, -0.2) is 4.79 Å². The summed E-state index contributed by atoms with van der Waals surface area (Å²) in [5, 5.41) is 14.9. The number of carbonyl (C=O) groups excluding carboxylic acids is 2. The first kappa shape index (κ1) is 18.3. The van der Waals surface area contributed by atoms with Crippen LogP contribution in [-0.4, -0.2) is 17.9 Å². The second kappa shape index (κ2) is 6.82. The fourth-order valence-electron chi connectivity index (χ4n) is 3.86. The van der Waals surface area contributed by atoms with Crippen LogP contribution >= 0.6 is 0 Å². The lowest BCUT2D eigenvalue weighted by atomic mass is 9.94. The van der Waals surface area contributed by atoms with Gasteiger partial charge in [-0.1, -0.05) is 0 Å². The summed E-state index contributed by atoms with van der Waals surface area (Å²) in [5.74, 6) is -0.969. The van der Waals surface area contributed by atoms with Crippen molar-refractivity contribution < 1.29 is 23.5 Å². The first-order valence-electron chi connectivity index (χ1n) is 9.36. The van der Waals surface area contributed by atoms with E-state index in [1.165, 1.54) is 12.5 Å². The first-order chi connectivity index (χ1) is 13.3. The number of carbonyl (C=O) groups is 2. The van der Waals surface area contributed by atoms with Crippen molar-refractivity contribution in [1.29, 1.82) is 0 Å². The Labute approximate surface area is 160 Å². The van der Waals surface area contributed by atoms with Crippen molar-refractivity contribution in [2.75, 3.05) is 0 Å². The molecule has 1 aliphatic carbocycles. The number of hydrogen-bond acceptors (Lipinski definition) is 6. The highest BCUT2D eigenvalue weighted by atomic mass is 16.4. The number of aryl methyl sites for hydroxylation is 3. The molecule has 2 aromatic heterocycles. The summed E-state index contributed by atoms with van der Waals surface area (Å²) in [5.41, 5.74) is 2.57. The van der Waals surface area contributed by atoms with Gasteiger partial charge in [0.25, 0.3) is 0 Å². The van der Waals surface area contributed by atoms with Gasteiger partial charge in [-0.15, -0.1) is 0 Å². The van der Waals surface area contributed by atoms with Gasteiger partial charge < -0.3 is 24.1 Å². The van der Waals surface area contributed by atoms with Crippen molar-refractivity contribution >= 4 is 33.8 Å². The van der Waals surface area contributed by atoms with E-state index in [0.29, 0.717) is 16.7 Å². The molecule has 146 valence electrons. The number of furan rings is 1. The van der Waals surface area contributed by atoms with Crippen molar-refractivity contribution in [2.45, 2.75) is 52.0 Å². The van der Waals surface area contributed by atoms with E-state index in [2.05, 4.69) is 5.32 Å². The highest BCUT2D eigenvalue weighted by Crippen LogP contribution is 2.35. The van der Waals surface area contributed by atoms with Gasteiger partial charge >= 0.3 is 5.63 Å². The molecule has 3 aromatic rings. The lowest BCUT2D eigenvalue weighted by molar-refractivity contribution is -0.307. The third-order valence-electron chi connectivity index (χ3n) is 5.43. The maximum atomic E-state index is 12.4. The maximum Gasteiger partial charge on any atom is 0.340 e. The molecule has 0 unspecified atom stereocenters. The Balaban J connectivity index is 1.78. The Morgan fingerprint density at radius 2 is 1.86 bits per heavy atom. The van der Waals surface area contributed by atoms with E-state index in [-0.39, 0.29) is 12.0 Å².